The number of ether oxygens (including phenoxy) is 1. The molecule has 0 aromatic carbocycles. The van der Waals surface area contributed by atoms with Gasteiger partial charge in [-0.1, -0.05) is 45.4 Å². The minimum Gasteiger partial charge on any atom is -0.353 e. The Labute approximate surface area is 98.1 Å². The summed E-state index contributed by atoms with van der Waals surface area (Å²) in [6, 6.07) is 0. The Hall–Kier alpha value is -0.570. The largest absolute Gasteiger partial charge is 0.353 e. The third-order valence-electron chi connectivity index (χ3n) is 3.65. The predicted molar refractivity (Wildman–Crippen MR) is 63.0 cm³/mol. The van der Waals surface area contributed by atoms with Crippen molar-refractivity contribution in [2.45, 2.75) is 70.6 Å². The van der Waals surface area contributed by atoms with Crippen LogP contribution in [0.3, 0.4) is 0 Å². The summed E-state index contributed by atoms with van der Waals surface area (Å²) in [6.45, 7) is 3.09. The Morgan fingerprint density at radius 1 is 1.25 bits per heavy atom. The maximum absolute atomic E-state index is 11.2. The molecule has 0 radical (unpaired) electrons. The van der Waals surface area contributed by atoms with Crippen LogP contribution in [0.4, 0.5) is 0 Å². The van der Waals surface area contributed by atoms with Crippen LogP contribution in [0.1, 0.15) is 58.3 Å². The lowest BCUT2D eigenvalue weighted by Crippen LogP contribution is -2.48. The highest BCUT2D eigenvalue weighted by Crippen LogP contribution is 2.30. The van der Waals surface area contributed by atoms with Gasteiger partial charge >= 0.3 is 0 Å². The summed E-state index contributed by atoms with van der Waals surface area (Å²) in [5.41, 5.74) is 0. The summed E-state index contributed by atoms with van der Waals surface area (Å²) >= 11 is 0. The first-order valence-corrected chi connectivity index (χ1v) is 6.76. The molecule has 2 aliphatic rings. The second-order valence-electron chi connectivity index (χ2n) is 5.02. The molecule has 0 unspecified atom stereocenters. The van der Waals surface area contributed by atoms with Crippen molar-refractivity contribution in [3.8, 4) is 0 Å². The van der Waals surface area contributed by atoms with Gasteiger partial charge in [-0.25, -0.2) is 0 Å². The van der Waals surface area contributed by atoms with E-state index in [1.807, 2.05) is 4.90 Å². The minimum absolute atomic E-state index is 0.137. The summed E-state index contributed by atoms with van der Waals surface area (Å²) < 4.78 is 5.76. The maximum Gasteiger partial charge on any atom is 0.229 e. The first kappa shape index (κ1) is 11.9. The molecule has 1 amide bonds. The highest BCUT2D eigenvalue weighted by atomic mass is 16.5. The van der Waals surface area contributed by atoms with E-state index in [1.54, 1.807) is 0 Å². The van der Waals surface area contributed by atoms with Crippen molar-refractivity contribution in [3.63, 3.8) is 0 Å². The zero-order valence-electron chi connectivity index (χ0n) is 10.3. The van der Waals surface area contributed by atoms with E-state index in [-0.39, 0.29) is 12.1 Å². The minimum atomic E-state index is 0.137. The topological polar surface area (TPSA) is 29.5 Å². The highest BCUT2D eigenvalue weighted by molar-refractivity contribution is 5.82. The van der Waals surface area contributed by atoms with Crippen LogP contribution in [0.15, 0.2) is 0 Å². The van der Waals surface area contributed by atoms with E-state index >= 15 is 0 Å². The second kappa shape index (κ2) is 5.67. The van der Waals surface area contributed by atoms with Crippen molar-refractivity contribution < 1.29 is 9.53 Å². The van der Waals surface area contributed by atoms with E-state index in [9.17, 15) is 4.79 Å². The van der Waals surface area contributed by atoms with E-state index < -0.39 is 0 Å². The van der Waals surface area contributed by atoms with Crippen LogP contribution >= 0.6 is 0 Å². The Bertz CT molecular complexity index is 242. The zero-order valence-corrected chi connectivity index (χ0v) is 10.3. The molecule has 3 nitrogen and oxygen atoms in total. The number of carbonyl (C=O) groups excluding carboxylic acids is 1. The molecule has 0 aromatic heterocycles. The van der Waals surface area contributed by atoms with Crippen LogP contribution in [-0.4, -0.2) is 29.7 Å². The summed E-state index contributed by atoms with van der Waals surface area (Å²) in [4.78, 5) is 13.0. The van der Waals surface area contributed by atoms with Crippen LogP contribution < -0.4 is 0 Å². The maximum atomic E-state index is 11.2. The number of unbranched alkanes of at least 4 members (excludes halogenated alkanes) is 5. The molecular weight excluding hydrogens is 202 g/mol. The summed E-state index contributed by atoms with van der Waals surface area (Å²) in [7, 11) is 0. The normalized spacial score (nSPS) is 28.1. The van der Waals surface area contributed by atoms with Crippen LogP contribution in [0, 0.1) is 0 Å². The number of hydrogen-bond donors (Lipinski definition) is 0. The molecule has 0 saturated carbocycles. The smallest absolute Gasteiger partial charge is 0.229 e. The molecule has 16 heavy (non-hydrogen) atoms. The average molecular weight is 225 g/mol. The van der Waals surface area contributed by atoms with Gasteiger partial charge in [0.25, 0.3) is 0 Å². The van der Waals surface area contributed by atoms with Crippen LogP contribution in [0.5, 0.6) is 0 Å². The highest BCUT2D eigenvalue weighted by Gasteiger charge is 2.44. The van der Waals surface area contributed by atoms with E-state index in [2.05, 4.69) is 6.92 Å². The molecule has 0 aliphatic carbocycles. The molecule has 2 atom stereocenters. The van der Waals surface area contributed by atoms with Gasteiger partial charge in [-0.15, -0.1) is 0 Å². The van der Waals surface area contributed by atoms with Crippen molar-refractivity contribution in [1.82, 2.24) is 4.90 Å². The van der Waals surface area contributed by atoms with Crippen molar-refractivity contribution in [1.29, 1.82) is 0 Å². The molecule has 0 bridgehead atoms. The lowest BCUT2D eigenvalue weighted by atomic mass is 10.1. The standard InChI is InChI=1S/C13H23NO2/c1-2-3-4-5-6-7-8-11-10-14-12(15)9-13(14)16-11/h11,13H,2-10H2,1H3/t11-,13-/m0/s1. The van der Waals surface area contributed by atoms with Crippen molar-refractivity contribution in [3.05, 3.63) is 0 Å². The summed E-state index contributed by atoms with van der Waals surface area (Å²) in [6.07, 6.45) is 10.2. The van der Waals surface area contributed by atoms with Crippen LogP contribution in [0.25, 0.3) is 0 Å². The monoisotopic (exact) mass is 225 g/mol. The first-order chi connectivity index (χ1) is 7.81. The van der Waals surface area contributed by atoms with Crippen molar-refractivity contribution >= 4 is 5.91 Å². The molecule has 2 rings (SSSR count). The number of carbonyl (C=O) groups is 1. The molecule has 2 aliphatic heterocycles. The molecule has 0 spiro atoms. The lowest BCUT2D eigenvalue weighted by molar-refractivity contribution is -0.156. The Kier molecular flexibility index (Phi) is 4.22. The number of fused-ring (bicyclic) bond motifs is 1. The average Bonchev–Trinajstić information content (AvgIpc) is 2.60. The van der Waals surface area contributed by atoms with Gasteiger partial charge in [-0.3, -0.25) is 4.79 Å². The number of rotatable bonds is 7. The first-order valence-electron chi connectivity index (χ1n) is 6.76. The van der Waals surface area contributed by atoms with E-state index in [1.165, 1.54) is 38.5 Å². The number of hydrogen-bond acceptors (Lipinski definition) is 2. The van der Waals surface area contributed by atoms with Crippen LogP contribution in [0.2, 0.25) is 0 Å². The fourth-order valence-corrected chi connectivity index (χ4v) is 2.56. The van der Waals surface area contributed by atoms with Gasteiger partial charge in [0.1, 0.15) is 6.23 Å². The zero-order chi connectivity index (χ0) is 11.4. The number of amides is 1. The molecule has 2 saturated heterocycles. The third kappa shape index (κ3) is 2.76. The lowest BCUT2D eigenvalue weighted by Gasteiger charge is -2.31. The predicted octanol–water partition coefficient (Wildman–Crippen LogP) is 2.69. The van der Waals surface area contributed by atoms with E-state index in [4.69, 9.17) is 4.74 Å². The Morgan fingerprint density at radius 2 is 2.00 bits per heavy atom. The van der Waals surface area contributed by atoms with E-state index in [0.29, 0.717) is 12.5 Å². The number of nitrogens with zero attached hydrogens (tertiary/aromatic N) is 1. The van der Waals surface area contributed by atoms with Crippen molar-refractivity contribution in [2.24, 2.45) is 0 Å². The molecule has 2 fully saturated rings. The number of β-lactam (4-membered cyclic amide) rings is 1. The van der Waals surface area contributed by atoms with Crippen molar-refractivity contribution in [2.75, 3.05) is 6.54 Å². The van der Waals surface area contributed by atoms with Gasteiger partial charge < -0.3 is 9.64 Å². The molecule has 2 heterocycles. The molecular formula is C13H23NO2. The van der Waals surface area contributed by atoms with E-state index in [0.717, 1.165) is 13.0 Å². The Balaban J connectivity index is 1.50. The summed E-state index contributed by atoms with van der Waals surface area (Å²) in [5, 5.41) is 0. The molecule has 0 N–H and O–H groups in total. The fraction of sp³-hybridized carbons (Fsp3) is 0.923. The van der Waals surface area contributed by atoms with Gasteiger partial charge in [0.15, 0.2) is 0 Å². The van der Waals surface area contributed by atoms with Gasteiger partial charge in [-0.2, -0.15) is 0 Å². The van der Waals surface area contributed by atoms with Gasteiger partial charge in [-0.05, 0) is 6.42 Å². The molecule has 3 heteroatoms. The van der Waals surface area contributed by atoms with Gasteiger partial charge in [0, 0.05) is 6.54 Å². The fourth-order valence-electron chi connectivity index (χ4n) is 2.56. The second-order valence-corrected chi connectivity index (χ2v) is 5.02. The molecule has 92 valence electrons. The Morgan fingerprint density at radius 3 is 2.69 bits per heavy atom. The SMILES string of the molecule is CCCCCCCC[C@H]1CN2C(=O)C[C@@H]2O1. The molecule has 0 aromatic rings. The van der Waals surface area contributed by atoms with Gasteiger partial charge in [0.05, 0.1) is 12.5 Å². The summed E-state index contributed by atoms with van der Waals surface area (Å²) in [5.74, 6) is 0.274. The van der Waals surface area contributed by atoms with Crippen LogP contribution in [-0.2, 0) is 9.53 Å². The van der Waals surface area contributed by atoms with Gasteiger partial charge in [0.2, 0.25) is 5.91 Å². The quantitative estimate of drug-likeness (QED) is 0.492. The third-order valence-corrected chi connectivity index (χ3v) is 3.65.